The molecule has 3 aromatic rings. The zero-order chi connectivity index (χ0) is 24.1. The number of benzene rings is 3. The Kier molecular flexibility index (Phi) is 5.66. The van der Waals surface area contributed by atoms with Gasteiger partial charge in [0.1, 0.15) is 0 Å². The summed E-state index contributed by atoms with van der Waals surface area (Å²) in [6, 6.07) is 31.9. The van der Waals surface area contributed by atoms with E-state index in [0.717, 1.165) is 0 Å². The average Bonchev–Trinajstić information content (AvgIpc) is 3.49. The van der Waals surface area contributed by atoms with E-state index in [4.69, 9.17) is 13.0 Å². The number of fused-ring (bicyclic) bond motifs is 7. The van der Waals surface area contributed by atoms with Gasteiger partial charge in [-0.1, -0.05) is 78.9 Å². The molecule has 8 heteroatoms. The van der Waals surface area contributed by atoms with Crippen LogP contribution in [0.15, 0.2) is 107 Å². The SMILES string of the molecule is C1=C[C@H]2C[C@@H]1[C@]1(c3ccccc3)[C@H]2c2ccccc2[S+]1c1ccccc1.O=S(=O)([O-])C(F)(F)F. The Morgan fingerprint density at radius 2 is 1.41 bits per heavy atom. The van der Waals surface area contributed by atoms with Gasteiger partial charge in [-0.05, 0) is 30.5 Å². The van der Waals surface area contributed by atoms with Gasteiger partial charge in [0.25, 0.3) is 0 Å². The van der Waals surface area contributed by atoms with Crippen LogP contribution in [0.4, 0.5) is 13.2 Å². The highest BCUT2D eigenvalue weighted by molar-refractivity contribution is 7.98. The van der Waals surface area contributed by atoms with Gasteiger partial charge in [0.15, 0.2) is 24.7 Å². The molecular weight excluding hydrogens is 481 g/mol. The first-order valence-corrected chi connectivity index (χ1v) is 13.4. The van der Waals surface area contributed by atoms with Crippen LogP contribution in [-0.2, 0) is 25.8 Å². The Morgan fingerprint density at radius 3 is 2.03 bits per heavy atom. The lowest BCUT2D eigenvalue weighted by Crippen LogP contribution is -2.40. The number of rotatable bonds is 2. The van der Waals surface area contributed by atoms with Crippen molar-refractivity contribution in [2.75, 3.05) is 0 Å². The van der Waals surface area contributed by atoms with Crippen molar-refractivity contribution in [2.45, 2.75) is 32.4 Å². The standard InChI is InChI=1S/C25H21S.CHF3O3S/c1-3-9-19(10-4-1)25-20-16-15-18(17-20)24(25)22-13-7-8-14-23(22)26(25)21-11-5-2-6-12-21;2-1(3,4)8(5,6)7/h1-16,18,20,24H,17H2;(H,5,6,7)/q+1;/p-1/t18-,20+,24+,25+,26?;/m0./s1. The van der Waals surface area contributed by atoms with Crippen molar-refractivity contribution in [3.63, 3.8) is 0 Å². The van der Waals surface area contributed by atoms with Crippen molar-refractivity contribution in [3.05, 3.63) is 108 Å². The fourth-order valence-electron chi connectivity index (χ4n) is 5.78. The van der Waals surface area contributed by atoms with Crippen LogP contribution in [0.3, 0.4) is 0 Å². The summed E-state index contributed by atoms with van der Waals surface area (Å²) in [7, 11) is -6.02. The highest BCUT2D eigenvalue weighted by Gasteiger charge is 2.73. The predicted octanol–water partition coefficient (Wildman–Crippen LogP) is 5.97. The van der Waals surface area contributed by atoms with Crippen LogP contribution in [0.25, 0.3) is 0 Å². The number of hydrogen-bond donors (Lipinski definition) is 0. The van der Waals surface area contributed by atoms with Crippen LogP contribution >= 0.6 is 0 Å². The van der Waals surface area contributed by atoms with Gasteiger partial charge in [0.05, 0.1) is 16.8 Å². The summed E-state index contributed by atoms with van der Waals surface area (Å²) < 4.78 is 59.1. The van der Waals surface area contributed by atoms with Gasteiger partial charge in [-0.2, -0.15) is 13.2 Å². The van der Waals surface area contributed by atoms with Gasteiger partial charge < -0.3 is 4.55 Å². The van der Waals surface area contributed by atoms with Gasteiger partial charge in [-0.25, -0.2) is 8.42 Å². The molecule has 34 heavy (non-hydrogen) atoms. The zero-order valence-corrected chi connectivity index (χ0v) is 19.5. The minimum Gasteiger partial charge on any atom is -0.741 e. The third-order valence-corrected chi connectivity index (χ3v) is 10.4. The van der Waals surface area contributed by atoms with E-state index in [1.807, 2.05) is 0 Å². The Morgan fingerprint density at radius 1 is 0.853 bits per heavy atom. The molecule has 1 unspecified atom stereocenters. The molecule has 176 valence electrons. The van der Waals surface area contributed by atoms with Crippen LogP contribution in [0.2, 0.25) is 0 Å². The van der Waals surface area contributed by atoms with E-state index < -0.39 is 15.6 Å². The van der Waals surface area contributed by atoms with E-state index in [0.29, 0.717) is 17.8 Å². The van der Waals surface area contributed by atoms with Crippen molar-refractivity contribution in [1.82, 2.24) is 0 Å². The fraction of sp³-hybridized carbons (Fsp3) is 0.231. The topological polar surface area (TPSA) is 57.2 Å². The lowest BCUT2D eigenvalue weighted by atomic mass is 9.74. The molecule has 3 aliphatic rings. The van der Waals surface area contributed by atoms with E-state index in [-0.39, 0.29) is 15.6 Å². The monoisotopic (exact) mass is 502 g/mol. The van der Waals surface area contributed by atoms with Crippen LogP contribution in [0.1, 0.15) is 23.5 Å². The normalized spacial score (nSPS) is 28.7. The fourth-order valence-corrected chi connectivity index (χ4v) is 9.26. The van der Waals surface area contributed by atoms with Crippen molar-refractivity contribution in [2.24, 2.45) is 11.8 Å². The molecule has 0 amide bonds. The second kappa shape index (κ2) is 8.29. The predicted molar refractivity (Wildman–Crippen MR) is 124 cm³/mol. The molecule has 1 saturated carbocycles. The third kappa shape index (κ3) is 3.51. The summed E-state index contributed by atoms with van der Waals surface area (Å²) >= 11 is 0. The first-order valence-electron chi connectivity index (χ1n) is 10.8. The second-order valence-corrected chi connectivity index (χ2v) is 12.2. The first-order chi connectivity index (χ1) is 16.2. The molecule has 1 fully saturated rings. The summed E-state index contributed by atoms with van der Waals surface area (Å²) in [4.78, 5) is 3.07. The number of alkyl halides is 3. The maximum atomic E-state index is 10.7. The molecule has 0 aromatic heterocycles. The van der Waals surface area contributed by atoms with Gasteiger partial charge in [0, 0.05) is 17.0 Å². The molecule has 0 spiro atoms. The van der Waals surface area contributed by atoms with Gasteiger partial charge in [0.2, 0.25) is 0 Å². The van der Waals surface area contributed by atoms with Crippen LogP contribution in [0.5, 0.6) is 0 Å². The molecule has 3 aromatic carbocycles. The minimum atomic E-state index is -6.09. The largest absolute Gasteiger partial charge is 0.741 e. The molecule has 0 saturated heterocycles. The van der Waals surface area contributed by atoms with E-state index in [9.17, 15) is 13.2 Å². The molecule has 0 N–H and O–H groups in total. The Bertz CT molecular complexity index is 1320. The van der Waals surface area contributed by atoms with Gasteiger partial charge >= 0.3 is 5.51 Å². The summed E-state index contributed by atoms with van der Waals surface area (Å²) in [5.74, 6) is 1.93. The Labute approximate surface area is 199 Å². The average molecular weight is 503 g/mol. The van der Waals surface area contributed by atoms with Crippen molar-refractivity contribution in [1.29, 1.82) is 0 Å². The summed E-state index contributed by atoms with van der Waals surface area (Å²) in [5.41, 5.74) is -2.52. The lowest BCUT2D eigenvalue weighted by molar-refractivity contribution is -0.0517. The van der Waals surface area contributed by atoms with E-state index >= 15 is 0 Å². The first kappa shape index (κ1) is 23.2. The van der Waals surface area contributed by atoms with Gasteiger partial charge in [-0.15, -0.1) is 0 Å². The molecule has 1 aliphatic heterocycles. The van der Waals surface area contributed by atoms with Gasteiger partial charge in [-0.3, -0.25) is 0 Å². The maximum absolute atomic E-state index is 10.7. The lowest BCUT2D eigenvalue weighted by Gasteiger charge is -2.35. The van der Waals surface area contributed by atoms with Crippen molar-refractivity contribution < 1.29 is 26.1 Å². The van der Waals surface area contributed by atoms with Crippen molar-refractivity contribution >= 4 is 21.0 Å². The molecule has 2 bridgehead atoms. The number of halogens is 3. The van der Waals surface area contributed by atoms with Crippen LogP contribution < -0.4 is 0 Å². The summed E-state index contributed by atoms with van der Waals surface area (Å²) in [5, 5.41) is 0. The van der Waals surface area contributed by atoms with E-state index in [1.165, 1.54) is 16.9 Å². The minimum absolute atomic E-state index is 0.0686. The molecule has 2 aliphatic carbocycles. The Hall–Kier alpha value is -2.55. The molecular formula is C26H21F3O3S2. The molecule has 5 atom stereocenters. The number of hydrogen-bond acceptors (Lipinski definition) is 3. The van der Waals surface area contributed by atoms with Crippen molar-refractivity contribution in [3.8, 4) is 0 Å². The molecule has 1 heterocycles. The van der Waals surface area contributed by atoms with E-state index in [2.05, 4.69) is 97.1 Å². The molecule has 3 nitrogen and oxygen atoms in total. The quantitative estimate of drug-likeness (QED) is 0.188. The van der Waals surface area contributed by atoms with E-state index in [1.54, 1.807) is 10.5 Å². The maximum Gasteiger partial charge on any atom is 0.485 e. The van der Waals surface area contributed by atoms with Crippen LogP contribution in [0, 0.1) is 11.8 Å². The summed E-state index contributed by atoms with van der Waals surface area (Å²) in [6.07, 6.45) is 6.35. The summed E-state index contributed by atoms with van der Waals surface area (Å²) in [6.45, 7) is 0. The van der Waals surface area contributed by atoms with Crippen LogP contribution in [-0.4, -0.2) is 18.5 Å². The highest BCUT2D eigenvalue weighted by Crippen LogP contribution is 2.71. The number of allylic oxidation sites excluding steroid dienone is 2. The molecule has 6 rings (SSSR count). The molecule has 0 radical (unpaired) electrons. The second-order valence-electron chi connectivity index (χ2n) is 8.58. The Balaban J connectivity index is 0.000000262. The smallest absolute Gasteiger partial charge is 0.485 e. The zero-order valence-electron chi connectivity index (χ0n) is 17.9. The third-order valence-electron chi connectivity index (χ3n) is 6.86. The highest BCUT2D eigenvalue weighted by atomic mass is 32.2.